The van der Waals surface area contributed by atoms with Gasteiger partial charge in [-0.25, -0.2) is 13.5 Å². The number of ether oxygens (including phenoxy) is 1. The van der Waals surface area contributed by atoms with Crippen LogP contribution in [0.2, 0.25) is 0 Å². The molecule has 0 atom stereocenters. The van der Waals surface area contributed by atoms with E-state index in [0.717, 1.165) is 50.8 Å². The van der Waals surface area contributed by atoms with E-state index in [9.17, 15) is 8.78 Å². The Balaban J connectivity index is 0.00000145. The highest BCUT2D eigenvalue weighted by Gasteiger charge is 2.29. The summed E-state index contributed by atoms with van der Waals surface area (Å²) in [6.07, 6.45) is -0.956. The van der Waals surface area contributed by atoms with E-state index in [-0.39, 0.29) is 5.56 Å². The molecule has 9 heteroatoms. The Bertz CT molecular complexity index is 1020. The molecule has 2 fully saturated rings. The summed E-state index contributed by atoms with van der Waals surface area (Å²) in [4.78, 5) is 8.84. The maximum atomic E-state index is 13.6. The van der Waals surface area contributed by atoms with E-state index in [1.807, 2.05) is 106 Å². The molecule has 0 unspecified atom stereocenters. The summed E-state index contributed by atoms with van der Waals surface area (Å²) in [5, 5.41) is 7.50. The molecule has 0 spiro atoms. The number of piperazine rings is 1. The fraction of sp³-hybridized carbons (Fsp3) is 0.562. The number of hydrogen-bond acceptors (Lipinski definition) is 6. The van der Waals surface area contributed by atoms with Crippen LogP contribution in [-0.4, -0.2) is 65.1 Å². The second-order valence-electron chi connectivity index (χ2n) is 7.80. The van der Waals surface area contributed by atoms with Crippen LogP contribution in [0.5, 0.6) is 0 Å². The first-order valence-corrected chi connectivity index (χ1v) is 15.4. The van der Waals surface area contributed by atoms with Gasteiger partial charge in [-0.1, -0.05) is 87.4 Å². The SMILES string of the molecule is CC.CC.CC.CC.CC.FC(F)c1cc(Nc2ncn(-c3ccccc3)n2)cc(N2CCN(C3COC3)CC2)c1. The zero-order valence-electron chi connectivity index (χ0n) is 27.0. The zero-order valence-corrected chi connectivity index (χ0v) is 27.0. The van der Waals surface area contributed by atoms with Crippen LogP contribution in [-0.2, 0) is 4.74 Å². The van der Waals surface area contributed by atoms with Crippen molar-refractivity contribution in [1.29, 1.82) is 0 Å². The normalized spacial score (nSPS) is 14.1. The van der Waals surface area contributed by atoms with Gasteiger partial charge in [0.2, 0.25) is 5.95 Å². The van der Waals surface area contributed by atoms with Gasteiger partial charge in [0.25, 0.3) is 6.43 Å². The van der Waals surface area contributed by atoms with Gasteiger partial charge in [0.15, 0.2) is 0 Å². The van der Waals surface area contributed by atoms with E-state index in [1.54, 1.807) is 17.1 Å². The van der Waals surface area contributed by atoms with E-state index in [0.29, 0.717) is 17.7 Å². The topological polar surface area (TPSA) is 58.5 Å². The van der Waals surface area contributed by atoms with Crippen molar-refractivity contribution in [2.45, 2.75) is 81.7 Å². The third-order valence-corrected chi connectivity index (χ3v) is 5.78. The lowest BCUT2D eigenvalue weighted by atomic mass is 10.1. The minimum atomic E-state index is -2.55. The highest BCUT2D eigenvalue weighted by molar-refractivity contribution is 5.64. The maximum Gasteiger partial charge on any atom is 0.263 e. The molecule has 232 valence electrons. The average molecular weight is 577 g/mol. The van der Waals surface area contributed by atoms with Crippen molar-refractivity contribution in [2.24, 2.45) is 0 Å². The van der Waals surface area contributed by atoms with Crippen LogP contribution in [0, 0.1) is 0 Å². The molecule has 2 aromatic carbocycles. The van der Waals surface area contributed by atoms with Gasteiger partial charge in [0.1, 0.15) is 6.33 Å². The molecule has 0 saturated carbocycles. The Morgan fingerprint density at radius 2 is 1.37 bits per heavy atom. The predicted molar refractivity (Wildman–Crippen MR) is 171 cm³/mol. The first kappa shape index (κ1) is 38.0. The van der Waals surface area contributed by atoms with Crippen LogP contribution in [0.1, 0.15) is 81.2 Å². The lowest BCUT2D eigenvalue weighted by Crippen LogP contribution is -2.56. The summed E-state index contributed by atoms with van der Waals surface area (Å²) in [6, 6.07) is 15.0. The van der Waals surface area contributed by atoms with Crippen LogP contribution in [0.3, 0.4) is 0 Å². The highest BCUT2D eigenvalue weighted by Crippen LogP contribution is 2.30. The van der Waals surface area contributed by atoms with Crippen LogP contribution in [0.25, 0.3) is 5.69 Å². The largest absolute Gasteiger partial charge is 0.378 e. The molecule has 2 aliphatic heterocycles. The van der Waals surface area contributed by atoms with Crippen LogP contribution in [0.15, 0.2) is 54.9 Å². The van der Waals surface area contributed by atoms with E-state index < -0.39 is 6.43 Å². The molecule has 5 rings (SSSR count). The van der Waals surface area contributed by atoms with E-state index >= 15 is 0 Å². The molecule has 0 amide bonds. The van der Waals surface area contributed by atoms with Gasteiger partial charge in [0, 0.05) is 43.1 Å². The zero-order chi connectivity index (χ0) is 31.2. The van der Waals surface area contributed by atoms with Gasteiger partial charge in [0.05, 0.1) is 24.9 Å². The van der Waals surface area contributed by atoms with Crippen molar-refractivity contribution in [1.82, 2.24) is 19.7 Å². The summed E-state index contributed by atoms with van der Waals surface area (Å²) in [6.45, 7) is 25.0. The van der Waals surface area contributed by atoms with E-state index in [2.05, 4.69) is 25.2 Å². The van der Waals surface area contributed by atoms with Crippen LogP contribution >= 0.6 is 0 Å². The molecule has 1 N–H and O–H groups in total. The first-order chi connectivity index (χ1) is 20.2. The Morgan fingerprint density at radius 3 is 1.88 bits per heavy atom. The standard InChI is InChI=1S/C22H24F2N6O.5C2H6/c23-21(24)16-10-17(26-22-25-15-30(27-22)18-4-2-1-3-5-18)12-19(11-16)28-6-8-29(9-7-28)20-13-31-14-20;5*1-2/h1-5,10-12,15,20-21H,6-9,13-14H2,(H,26,27);5*1-2H3. The minimum Gasteiger partial charge on any atom is -0.378 e. The molecule has 3 heterocycles. The van der Waals surface area contributed by atoms with Gasteiger partial charge in [-0.2, -0.15) is 4.98 Å². The quantitative estimate of drug-likeness (QED) is 0.317. The second kappa shape index (κ2) is 22.6. The molecular weight excluding hydrogens is 522 g/mol. The van der Waals surface area contributed by atoms with Crippen LogP contribution < -0.4 is 10.2 Å². The Morgan fingerprint density at radius 1 is 0.780 bits per heavy atom. The van der Waals surface area contributed by atoms with Crippen molar-refractivity contribution < 1.29 is 13.5 Å². The molecule has 0 aliphatic carbocycles. The first-order valence-electron chi connectivity index (χ1n) is 15.4. The van der Waals surface area contributed by atoms with Gasteiger partial charge in [-0.3, -0.25) is 4.90 Å². The number of nitrogens with zero attached hydrogens (tertiary/aromatic N) is 5. The molecule has 41 heavy (non-hydrogen) atoms. The number of nitrogens with one attached hydrogen (secondary N) is 1. The van der Waals surface area contributed by atoms with Gasteiger partial charge in [-0.05, 0) is 30.3 Å². The highest BCUT2D eigenvalue weighted by atomic mass is 19.3. The average Bonchev–Trinajstić information content (AvgIpc) is 3.50. The van der Waals surface area contributed by atoms with Crippen molar-refractivity contribution in [3.8, 4) is 5.69 Å². The third kappa shape index (κ3) is 11.8. The van der Waals surface area contributed by atoms with Crippen molar-refractivity contribution in [3.63, 3.8) is 0 Å². The Labute approximate surface area is 247 Å². The summed E-state index contributed by atoms with van der Waals surface area (Å²) < 4.78 is 34.1. The van der Waals surface area contributed by atoms with E-state index in [4.69, 9.17) is 4.74 Å². The number of aromatic nitrogens is 3. The summed E-state index contributed by atoms with van der Waals surface area (Å²) in [7, 11) is 0. The fourth-order valence-electron chi connectivity index (χ4n) is 3.95. The van der Waals surface area contributed by atoms with Crippen molar-refractivity contribution in [3.05, 3.63) is 60.4 Å². The molecule has 7 nitrogen and oxygen atoms in total. The predicted octanol–water partition coefficient (Wildman–Crippen LogP) is 8.60. The molecular formula is C32H54F2N6O. The molecule has 0 radical (unpaired) electrons. The lowest BCUT2D eigenvalue weighted by Gasteiger charge is -2.43. The summed E-state index contributed by atoms with van der Waals surface area (Å²) in [5.74, 6) is 0.357. The second-order valence-corrected chi connectivity index (χ2v) is 7.80. The van der Waals surface area contributed by atoms with Crippen molar-refractivity contribution in [2.75, 3.05) is 49.6 Å². The van der Waals surface area contributed by atoms with Gasteiger partial charge in [-0.15, -0.1) is 5.10 Å². The number of alkyl halides is 2. The number of para-hydroxylation sites is 1. The van der Waals surface area contributed by atoms with Crippen LogP contribution in [0.4, 0.5) is 26.1 Å². The summed E-state index contributed by atoms with van der Waals surface area (Å²) >= 11 is 0. The molecule has 2 aliphatic rings. The Kier molecular flexibility index (Phi) is 20.9. The number of rotatable bonds is 6. The number of hydrogen-bond donors (Lipinski definition) is 1. The van der Waals surface area contributed by atoms with E-state index in [1.165, 1.54) is 6.07 Å². The monoisotopic (exact) mass is 576 g/mol. The minimum absolute atomic E-state index is 0.0164. The lowest BCUT2D eigenvalue weighted by molar-refractivity contribution is -0.0660. The molecule has 2 saturated heterocycles. The maximum absolute atomic E-state index is 13.6. The molecule has 0 bridgehead atoms. The van der Waals surface area contributed by atoms with Gasteiger partial charge >= 0.3 is 0 Å². The third-order valence-electron chi connectivity index (χ3n) is 5.78. The summed E-state index contributed by atoms with van der Waals surface area (Å²) in [5.41, 5.74) is 2.19. The van der Waals surface area contributed by atoms with Crippen molar-refractivity contribution >= 4 is 17.3 Å². The number of anilines is 3. The fourth-order valence-corrected chi connectivity index (χ4v) is 3.95. The number of halogens is 2. The Hall–Kier alpha value is -3.04. The number of benzene rings is 2. The van der Waals surface area contributed by atoms with Gasteiger partial charge < -0.3 is 15.0 Å². The molecule has 1 aromatic heterocycles. The molecule has 3 aromatic rings. The smallest absolute Gasteiger partial charge is 0.263 e.